The van der Waals surface area contributed by atoms with E-state index in [1.165, 1.54) is 17.0 Å². The van der Waals surface area contributed by atoms with Gasteiger partial charge in [0.05, 0.1) is 10.9 Å². The van der Waals surface area contributed by atoms with Crippen molar-refractivity contribution < 1.29 is 17.9 Å². The summed E-state index contributed by atoms with van der Waals surface area (Å²) in [6, 6.07) is 5.75. The quantitative estimate of drug-likeness (QED) is 0.367. The van der Waals surface area contributed by atoms with E-state index in [2.05, 4.69) is 5.10 Å². The smallest absolute Gasteiger partial charge is 0.410 e. The molecule has 8 heteroatoms. The van der Waals surface area contributed by atoms with Crippen LogP contribution in [0.2, 0.25) is 0 Å². The number of benzene rings is 1. The van der Waals surface area contributed by atoms with Crippen LogP contribution >= 0.6 is 0 Å². The minimum absolute atomic E-state index is 0.113. The lowest BCUT2D eigenvalue weighted by Gasteiger charge is -2.36. The Balaban J connectivity index is 2.37. The first-order valence-corrected chi connectivity index (χ1v) is 10.1. The molecule has 1 aliphatic rings. The number of carbonyl (C=O) groups excluding carboxylic acids is 1. The van der Waals surface area contributed by atoms with E-state index in [0.717, 1.165) is 18.4 Å². The van der Waals surface area contributed by atoms with Gasteiger partial charge in [0.1, 0.15) is 5.60 Å². The summed E-state index contributed by atoms with van der Waals surface area (Å²) in [5, 5.41) is 3.39. The monoisotopic (exact) mass is 381 g/mol. The summed E-state index contributed by atoms with van der Waals surface area (Å²) >= 11 is 0. The van der Waals surface area contributed by atoms with Crippen molar-refractivity contribution in [1.29, 1.82) is 0 Å². The molecule has 7 nitrogen and oxygen atoms in total. The Morgan fingerprint density at radius 2 is 1.85 bits per heavy atom. The predicted octanol–water partition coefficient (Wildman–Crippen LogP) is 2.83. The minimum Gasteiger partial charge on any atom is -0.444 e. The molecular formula is C18H27N3O4S. The molecule has 1 heterocycles. The second-order valence-corrected chi connectivity index (χ2v) is 9.37. The number of nitrogens with two attached hydrogens (primary N) is 1. The second kappa shape index (κ2) is 7.65. The summed E-state index contributed by atoms with van der Waals surface area (Å²) in [6.45, 7) is 7.59. The highest BCUT2D eigenvalue weighted by Crippen LogP contribution is 2.26. The van der Waals surface area contributed by atoms with Crippen molar-refractivity contribution in [3.8, 4) is 0 Å². The fraction of sp³-hybridized carbons (Fsp3) is 0.556. The summed E-state index contributed by atoms with van der Waals surface area (Å²) in [4.78, 5) is 14.1. The lowest BCUT2D eigenvalue weighted by Crippen LogP contribution is -2.51. The maximum absolute atomic E-state index is 13.0. The van der Waals surface area contributed by atoms with Gasteiger partial charge in [0.15, 0.2) is 5.04 Å². The Morgan fingerprint density at radius 3 is 2.38 bits per heavy atom. The van der Waals surface area contributed by atoms with Gasteiger partial charge >= 0.3 is 6.09 Å². The van der Waals surface area contributed by atoms with Gasteiger partial charge in [0, 0.05) is 6.54 Å². The SMILES string of the molecule is Cc1ccc(S(=O)(=O)C(=NN)C2CCCCN2C(=O)OC(C)(C)C)cc1. The normalized spacial score (nSPS) is 19.3. The Kier molecular flexibility index (Phi) is 5.95. The van der Waals surface area contributed by atoms with E-state index in [4.69, 9.17) is 10.6 Å². The molecule has 0 aliphatic carbocycles. The van der Waals surface area contributed by atoms with E-state index in [-0.39, 0.29) is 9.94 Å². The Hall–Kier alpha value is -2.09. The molecule has 1 fully saturated rings. The molecule has 1 saturated heterocycles. The number of aryl methyl sites for hydroxylation is 1. The molecule has 0 aromatic heterocycles. The van der Waals surface area contributed by atoms with Crippen molar-refractivity contribution in [2.24, 2.45) is 10.9 Å². The minimum atomic E-state index is -3.90. The zero-order valence-corrected chi connectivity index (χ0v) is 16.5. The van der Waals surface area contributed by atoms with E-state index in [0.29, 0.717) is 13.0 Å². The lowest BCUT2D eigenvalue weighted by molar-refractivity contribution is 0.0169. The standard InChI is InChI=1S/C18H27N3O4S/c1-13-8-10-14(11-9-13)26(23,24)16(20-19)15-7-5-6-12-21(15)17(22)25-18(2,3)4/h8-11,15H,5-7,12,19H2,1-4H3. The number of likely N-dealkylation sites (tertiary alicyclic amines) is 1. The van der Waals surface area contributed by atoms with Crippen molar-refractivity contribution in [3.05, 3.63) is 29.8 Å². The van der Waals surface area contributed by atoms with Gasteiger partial charge in [-0.15, -0.1) is 0 Å². The summed E-state index contributed by atoms with van der Waals surface area (Å²) in [5.41, 5.74) is 0.276. The number of amides is 1. The molecule has 1 aromatic carbocycles. The number of ether oxygens (including phenoxy) is 1. The molecule has 26 heavy (non-hydrogen) atoms. The van der Waals surface area contributed by atoms with Crippen LogP contribution in [0, 0.1) is 6.92 Å². The van der Waals surface area contributed by atoms with Crippen LogP contribution in [0.15, 0.2) is 34.3 Å². The van der Waals surface area contributed by atoms with Gasteiger partial charge in [-0.3, -0.25) is 4.90 Å². The van der Waals surface area contributed by atoms with Crippen molar-refractivity contribution in [1.82, 2.24) is 4.90 Å². The number of carbonyl (C=O) groups is 1. The lowest BCUT2D eigenvalue weighted by atomic mass is 10.0. The Morgan fingerprint density at radius 1 is 1.23 bits per heavy atom. The van der Waals surface area contributed by atoms with Crippen LogP contribution in [0.1, 0.15) is 45.6 Å². The van der Waals surface area contributed by atoms with Crippen LogP contribution in [0.4, 0.5) is 4.79 Å². The van der Waals surface area contributed by atoms with Gasteiger partial charge in [-0.2, -0.15) is 5.10 Å². The van der Waals surface area contributed by atoms with E-state index in [1.54, 1.807) is 32.9 Å². The summed E-state index contributed by atoms with van der Waals surface area (Å²) in [7, 11) is -3.90. The van der Waals surface area contributed by atoms with E-state index in [1.807, 2.05) is 6.92 Å². The molecule has 0 bridgehead atoms. The molecule has 1 amide bonds. The molecular weight excluding hydrogens is 354 g/mol. The van der Waals surface area contributed by atoms with Gasteiger partial charge in [0.2, 0.25) is 9.84 Å². The topological polar surface area (TPSA) is 102 Å². The van der Waals surface area contributed by atoms with Crippen LogP contribution in [-0.4, -0.2) is 42.6 Å². The molecule has 1 aromatic rings. The van der Waals surface area contributed by atoms with Crippen molar-refractivity contribution in [2.45, 2.75) is 63.5 Å². The number of piperidine rings is 1. The second-order valence-electron chi connectivity index (χ2n) is 7.47. The Labute approximate surface area is 155 Å². The number of nitrogens with zero attached hydrogens (tertiary/aromatic N) is 2. The number of hydrazone groups is 1. The molecule has 2 N–H and O–H groups in total. The third kappa shape index (κ3) is 4.55. The van der Waals surface area contributed by atoms with Gasteiger partial charge in [-0.05, 0) is 59.1 Å². The highest BCUT2D eigenvalue weighted by molar-refractivity contribution is 8.06. The molecule has 0 spiro atoms. The average molecular weight is 381 g/mol. The highest BCUT2D eigenvalue weighted by Gasteiger charge is 2.39. The number of hydrogen-bond donors (Lipinski definition) is 1. The number of sulfone groups is 1. The first-order valence-electron chi connectivity index (χ1n) is 8.65. The van der Waals surface area contributed by atoms with Gasteiger partial charge in [-0.25, -0.2) is 13.2 Å². The zero-order chi connectivity index (χ0) is 19.5. The molecule has 1 atom stereocenters. The van der Waals surface area contributed by atoms with Crippen molar-refractivity contribution >= 4 is 21.0 Å². The van der Waals surface area contributed by atoms with Crippen molar-refractivity contribution in [3.63, 3.8) is 0 Å². The predicted molar refractivity (Wildman–Crippen MR) is 101 cm³/mol. The summed E-state index contributed by atoms with van der Waals surface area (Å²) in [6.07, 6.45) is 1.48. The van der Waals surface area contributed by atoms with E-state index >= 15 is 0 Å². The fourth-order valence-corrected chi connectivity index (χ4v) is 4.38. The molecule has 0 saturated carbocycles. The molecule has 0 radical (unpaired) electrons. The molecule has 1 aliphatic heterocycles. The third-order valence-corrected chi connectivity index (χ3v) is 5.97. The molecule has 2 rings (SSSR count). The fourth-order valence-electron chi connectivity index (χ4n) is 2.90. The van der Waals surface area contributed by atoms with E-state index in [9.17, 15) is 13.2 Å². The van der Waals surface area contributed by atoms with Crippen molar-refractivity contribution in [2.75, 3.05) is 6.54 Å². The average Bonchev–Trinajstić information content (AvgIpc) is 2.54. The van der Waals surface area contributed by atoms with Gasteiger partial charge in [0.25, 0.3) is 0 Å². The van der Waals surface area contributed by atoms with Gasteiger partial charge < -0.3 is 10.6 Å². The van der Waals surface area contributed by atoms with Crippen LogP contribution in [0.5, 0.6) is 0 Å². The maximum atomic E-state index is 13.0. The first-order chi connectivity index (χ1) is 12.1. The van der Waals surface area contributed by atoms with Crippen LogP contribution < -0.4 is 5.84 Å². The number of hydrogen-bond acceptors (Lipinski definition) is 6. The summed E-state index contributed by atoms with van der Waals surface area (Å²) in [5.74, 6) is 5.48. The summed E-state index contributed by atoms with van der Waals surface area (Å²) < 4.78 is 31.5. The van der Waals surface area contributed by atoms with Crippen LogP contribution in [0.3, 0.4) is 0 Å². The number of rotatable bonds is 2. The largest absolute Gasteiger partial charge is 0.444 e. The zero-order valence-electron chi connectivity index (χ0n) is 15.7. The molecule has 144 valence electrons. The molecule has 1 unspecified atom stereocenters. The maximum Gasteiger partial charge on any atom is 0.410 e. The van der Waals surface area contributed by atoms with Gasteiger partial charge in [-0.1, -0.05) is 17.7 Å². The first kappa shape index (κ1) is 20.2. The Bertz CT molecular complexity index is 780. The highest BCUT2D eigenvalue weighted by atomic mass is 32.2. The van der Waals surface area contributed by atoms with E-state index < -0.39 is 27.6 Å². The van der Waals surface area contributed by atoms with Crippen LogP contribution in [-0.2, 0) is 14.6 Å². The van der Waals surface area contributed by atoms with Crippen LogP contribution in [0.25, 0.3) is 0 Å². The third-order valence-electron chi connectivity index (χ3n) is 4.15.